The zero-order valence-electron chi connectivity index (χ0n) is 12.4. The van der Waals surface area contributed by atoms with Gasteiger partial charge < -0.3 is 4.74 Å². The van der Waals surface area contributed by atoms with E-state index in [1.165, 1.54) is 6.21 Å². The largest absolute Gasteiger partial charge is 0.483 e. The Morgan fingerprint density at radius 2 is 2.09 bits per heavy atom. The number of hydrazone groups is 1. The lowest BCUT2D eigenvalue weighted by atomic mass is 10.2. The molecular formula is C17H14ClN3O2. The first kappa shape index (κ1) is 16.5. The fraction of sp³-hybridized carbons (Fsp3) is 0.118. The summed E-state index contributed by atoms with van der Waals surface area (Å²) in [6.07, 6.45) is 1.49. The van der Waals surface area contributed by atoms with Crippen LogP contribution in [0.5, 0.6) is 5.75 Å². The average molecular weight is 328 g/mol. The maximum atomic E-state index is 11.7. The predicted molar refractivity (Wildman–Crippen MR) is 88.6 cm³/mol. The van der Waals surface area contributed by atoms with Crippen LogP contribution in [0.3, 0.4) is 0 Å². The molecule has 0 fully saturated rings. The van der Waals surface area contributed by atoms with Crippen LogP contribution in [0, 0.1) is 18.3 Å². The third kappa shape index (κ3) is 5.13. The van der Waals surface area contributed by atoms with Crippen molar-refractivity contribution in [3.8, 4) is 11.8 Å². The number of carbonyl (C=O) groups excluding carboxylic acids is 1. The summed E-state index contributed by atoms with van der Waals surface area (Å²) in [4.78, 5) is 11.7. The lowest BCUT2D eigenvalue weighted by Gasteiger charge is -2.08. The van der Waals surface area contributed by atoms with Crippen molar-refractivity contribution in [2.75, 3.05) is 6.61 Å². The Morgan fingerprint density at radius 3 is 2.74 bits per heavy atom. The smallest absolute Gasteiger partial charge is 0.277 e. The summed E-state index contributed by atoms with van der Waals surface area (Å²) in [5, 5.41) is 13.2. The van der Waals surface area contributed by atoms with Crippen molar-refractivity contribution in [2.45, 2.75) is 6.92 Å². The second kappa shape index (κ2) is 7.97. The first-order chi connectivity index (χ1) is 11.1. The Labute approximate surface area is 139 Å². The normalized spacial score (nSPS) is 10.3. The number of nitrogens with one attached hydrogen (secondary N) is 1. The van der Waals surface area contributed by atoms with Crippen molar-refractivity contribution < 1.29 is 9.53 Å². The number of carbonyl (C=O) groups is 1. The summed E-state index contributed by atoms with van der Waals surface area (Å²) < 4.78 is 5.41. The molecule has 0 saturated carbocycles. The van der Waals surface area contributed by atoms with Gasteiger partial charge in [-0.3, -0.25) is 4.79 Å². The Kier molecular flexibility index (Phi) is 5.73. The van der Waals surface area contributed by atoms with Gasteiger partial charge in [-0.05, 0) is 48.4 Å². The molecule has 0 radical (unpaired) electrons. The number of ether oxygens (including phenoxy) is 1. The quantitative estimate of drug-likeness (QED) is 0.677. The molecule has 0 heterocycles. The maximum Gasteiger partial charge on any atom is 0.277 e. The SMILES string of the molecule is Cc1cc(Cl)ccc1OCC(=O)N/N=C\c1ccc(C#N)cc1. The minimum atomic E-state index is -0.371. The summed E-state index contributed by atoms with van der Waals surface area (Å²) >= 11 is 5.85. The van der Waals surface area contributed by atoms with E-state index in [0.29, 0.717) is 16.3 Å². The van der Waals surface area contributed by atoms with Crippen LogP contribution < -0.4 is 10.2 Å². The van der Waals surface area contributed by atoms with Crippen molar-refractivity contribution in [1.82, 2.24) is 5.43 Å². The molecule has 0 spiro atoms. The van der Waals surface area contributed by atoms with Gasteiger partial charge in [-0.2, -0.15) is 10.4 Å². The fourth-order valence-electron chi connectivity index (χ4n) is 1.77. The highest BCUT2D eigenvalue weighted by atomic mass is 35.5. The Bertz CT molecular complexity index is 764. The van der Waals surface area contributed by atoms with E-state index in [4.69, 9.17) is 21.6 Å². The molecular weight excluding hydrogens is 314 g/mol. The van der Waals surface area contributed by atoms with Gasteiger partial charge in [-0.1, -0.05) is 23.7 Å². The van der Waals surface area contributed by atoms with E-state index < -0.39 is 0 Å². The molecule has 5 nitrogen and oxygen atoms in total. The van der Waals surface area contributed by atoms with E-state index in [9.17, 15) is 4.79 Å². The van der Waals surface area contributed by atoms with Gasteiger partial charge in [-0.25, -0.2) is 5.43 Å². The zero-order valence-corrected chi connectivity index (χ0v) is 13.2. The van der Waals surface area contributed by atoms with Crippen molar-refractivity contribution in [1.29, 1.82) is 5.26 Å². The molecule has 0 bridgehead atoms. The Hall–Kier alpha value is -2.84. The molecule has 2 rings (SSSR count). The summed E-state index contributed by atoms with van der Waals surface area (Å²) in [6.45, 7) is 1.70. The molecule has 0 saturated heterocycles. The topological polar surface area (TPSA) is 74.5 Å². The number of rotatable bonds is 5. The molecule has 0 aliphatic heterocycles. The fourth-order valence-corrected chi connectivity index (χ4v) is 2.00. The van der Waals surface area contributed by atoms with Gasteiger partial charge in [0.1, 0.15) is 5.75 Å². The number of benzene rings is 2. The van der Waals surface area contributed by atoms with Crippen LogP contribution >= 0.6 is 11.6 Å². The van der Waals surface area contributed by atoms with Gasteiger partial charge in [0.2, 0.25) is 0 Å². The van der Waals surface area contributed by atoms with Crippen molar-refractivity contribution in [2.24, 2.45) is 5.10 Å². The second-order valence-electron chi connectivity index (χ2n) is 4.73. The lowest BCUT2D eigenvalue weighted by Crippen LogP contribution is -2.24. The van der Waals surface area contributed by atoms with Crippen molar-refractivity contribution >= 4 is 23.7 Å². The Balaban J connectivity index is 1.82. The number of nitrogens with zero attached hydrogens (tertiary/aromatic N) is 2. The molecule has 0 aliphatic rings. The van der Waals surface area contributed by atoms with Gasteiger partial charge in [0.15, 0.2) is 6.61 Å². The second-order valence-corrected chi connectivity index (χ2v) is 5.16. The van der Waals surface area contributed by atoms with Crippen LogP contribution in [0.4, 0.5) is 0 Å². The Morgan fingerprint density at radius 1 is 1.35 bits per heavy atom. The van der Waals surface area contributed by atoms with Crippen LogP contribution in [0.25, 0.3) is 0 Å². The zero-order chi connectivity index (χ0) is 16.7. The summed E-state index contributed by atoms with van der Waals surface area (Å²) in [5.74, 6) is 0.227. The number of halogens is 1. The van der Waals surface area contributed by atoms with Crippen LogP contribution in [-0.2, 0) is 4.79 Å². The van der Waals surface area contributed by atoms with E-state index >= 15 is 0 Å². The third-order valence-corrected chi connectivity index (χ3v) is 3.17. The van der Waals surface area contributed by atoms with E-state index in [0.717, 1.165) is 11.1 Å². The van der Waals surface area contributed by atoms with Crippen LogP contribution in [0.1, 0.15) is 16.7 Å². The van der Waals surface area contributed by atoms with Gasteiger partial charge >= 0.3 is 0 Å². The molecule has 0 aliphatic carbocycles. The van der Waals surface area contributed by atoms with E-state index in [-0.39, 0.29) is 12.5 Å². The molecule has 0 atom stereocenters. The van der Waals surface area contributed by atoms with Crippen LogP contribution in [0.15, 0.2) is 47.6 Å². The first-order valence-corrected chi connectivity index (χ1v) is 7.17. The molecule has 2 aromatic rings. The van der Waals surface area contributed by atoms with Gasteiger partial charge in [0, 0.05) is 5.02 Å². The highest BCUT2D eigenvalue weighted by Gasteiger charge is 2.04. The molecule has 116 valence electrons. The van der Waals surface area contributed by atoms with E-state index in [2.05, 4.69) is 10.5 Å². The summed E-state index contributed by atoms with van der Waals surface area (Å²) in [5.41, 5.74) is 4.57. The number of hydrogen-bond donors (Lipinski definition) is 1. The number of hydrogen-bond acceptors (Lipinski definition) is 4. The van der Waals surface area contributed by atoms with Gasteiger partial charge in [0.25, 0.3) is 5.91 Å². The highest BCUT2D eigenvalue weighted by Crippen LogP contribution is 2.21. The molecule has 6 heteroatoms. The van der Waals surface area contributed by atoms with Crippen LogP contribution in [-0.4, -0.2) is 18.7 Å². The van der Waals surface area contributed by atoms with Gasteiger partial charge in [0.05, 0.1) is 17.8 Å². The number of nitriles is 1. The summed E-state index contributed by atoms with van der Waals surface area (Å²) in [6, 6.07) is 14.0. The third-order valence-electron chi connectivity index (χ3n) is 2.94. The molecule has 2 aromatic carbocycles. The van der Waals surface area contributed by atoms with Crippen LogP contribution in [0.2, 0.25) is 5.02 Å². The monoisotopic (exact) mass is 327 g/mol. The number of aryl methyl sites for hydroxylation is 1. The van der Waals surface area contributed by atoms with Gasteiger partial charge in [-0.15, -0.1) is 0 Å². The minimum absolute atomic E-state index is 0.146. The van der Waals surface area contributed by atoms with Crippen molar-refractivity contribution in [3.05, 3.63) is 64.2 Å². The molecule has 1 amide bonds. The highest BCUT2D eigenvalue weighted by molar-refractivity contribution is 6.30. The maximum absolute atomic E-state index is 11.7. The van der Waals surface area contributed by atoms with E-state index in [1.807, 2.05) is 13.0 Å². The minimum Gasteiger partial charge on any atom is -0.483 e. The summed E-state index contributed by atoms with van der Waals surface area (Å²) in [7, 11) is 0. The van der Waals surface area contributed by atoms with E-state index in [1.54, 1.807) is 42.5 Å². The predicted octanol–water partition coefficient (Wildman–Crippen LogP) is 3.05. The lowest BCUT2D eigenvalue weighted by molar-refractivity contribution is -0.123. The molecule has 0 aromatic heterocycles. The molecule has 0 unspecified atom stereocenters. The molecule has 1 N–H and O–H groups in total. The van der Waals surface area contributed by atoms with Crippen molar-refractivity contribution in [3.63, 3.8) is 0 Å². The number of amides is 1. The first-order valence-electron chi connectivity index (χ1n) is 6.79. The average Bonchev–Trinajstić information content (AvgIpc) is 2.54. The standard InChI is InChI=1S/C17H14ClN3O2/c1-12-8-15(18)6-7-16(12)23-11-17(22)21-20-10-14-4-2-13(9-19)3-5-14/h2-8,10H,11H2,1H3,(H,21,22)/b20-10-. The molecule has 23 heavy (non-hydrogen) atoms.